The van der Waals surface area contributed by atoms with Gasteiger partial charge in [0.2, 0.25) is 0 Å². The van der Waals surface area contributed by atoms with Crippen molar-refractivity contribution in [3.05, 3.63) is 58.6 Å². The van der Waals surface area contributed by atoms with E-state index in [0.717, 1.165) is 5.56 Å². The molecule has 0 aliphatic carbocycles. The minimum absolute atomic E-state index is 0. The molecule has 1 heterocycles. The van der Waals surface area contributed by atoms with Gasteiger partial charge in [-0.25, -0.2) is 0 Å². The van der Waals surface area contributed by atoms with Crippen LogP contribution in [-0.2, 0) is 16.0 Å². The van der Waals surface area contributed by atoms with E-state index in [0.29, 0.717) is 23.6 Å². The Morgan fingerprint density at radius 2 is 1.74 bits per heavy atom. The van der Waals surface area contributed by atoms with Crippen LogP contribution in [-0.4, -0.2) is 35.4 Å². The molecule has 0 unspecified atom stereocenters. The molecule has 0 saturated carbocycles. The van der Waals surface area contributed by atoms with Crippen LogP contribution in [0.3, 0.4) is 0 Å². The van der Waals surface area contributed by atoms with Gasteiger partial charge >= 0.3 is 64.9 Å². The van der Waals surface area contributed by atoms with E-state index in [1.807, 2.05) is 6.92 Å². The van der Waals surface area contributed by atoms with Crippen molar-refractivity contribution < 1.29 is 93.5 Å². The first-order valence-electron chi connectivity index (χ1n) is 8.82. The fraction of sp³-hybridized carbons (Fsp3) is 0.300. The number of aliphatic carboxylic acids is 2. The summed E-state index contributed by atoms with van der Waals surface area (Å²) in [4.78, 5) is 22.3. The number of carbonyl (C=O) groups excluding carboxylic acids is 2. The van der Waals surface area contributed by atoms with Crippen LogP contribution in [0.4, 0.5) is 0 Å². The number of rotatable bonds is 8. The largest absolute Gasteiger partial charge is 1.00 e. The molecule has 0 fully saturated rings. The molecule has 0 spiro atoms. The Labute approximate surface area is 228 Å². The topological polar surface area (TPSA) is 131 Å². The summed E-state index contributed by atoms with van der Waals surface area (Å²) in [5.74, 6) is -7.16. The summed E-state index contributed by atoms with van der Waals surface area (Å²) in [6.07, 6.45) is -0.234. The Kier molecular flexibility index (Phi) is 10.8. The fourth-order valence-electron chi connectivity index (χ4n) is 2.99. The molecule has 2 aromatic carbocycles. The molecule has 0 radical (unpaired) electrons. The van der Waals surface area contributed by atoms with Crippen LogP contribution in [0.2, 0.25) is 5.02 Å². The predicted octanol–water partition coefficient (Wildman–Crippen LogP) is -6.43. The second-order valence-corrected chi connectivity index (χ2v) is 7.20. The second-order valence-electron chi connectivity index (χ2n) is 6.76. The van der Waals surface area contributed by atoms with Gasteiger partial charge in [-0.15, -0.1) is 0 Å². The van der Waals surface area contributed by atoms with Crippen molar-refractivity contribution in [2.45, 2.75) is 31.3 Å². The number of hydrogen-bond donors (Lipinski definition) is 2. The van der Waals surface area contributed by atoms with E-state index in [4.69, 9.17) is 21.1 Å². The number of aliphatic hydroxyl groups excluding tert-OH is 1. The Hall–Kier alpha value is -0.810. The molecule has 2 atom stereocenters. The fourth-order valence-corrected chi connectivity index (χ4v) is 3.19. The van der Waals surface area contributed by atoms with Gasteiger partial charge in [0.15, 0.2) is 11.5 Å². The van der Waals surface area contributed by atoms with Gasteiger partial charge in [0.1, 0.15) is 11.9 Å². The SMILES string of the molecule is C[C@@H](Cc1ccc2c(c1)OC(C(=O)[O-])(C(=O)[O-])O2)NC[C@@H](O)c1cccc(Cl)c1.[Na+].[Na+]. The van der Waals surface area contributed by atoms with E-state index in [-0.39, 0.29) is 76.7 Å². The Morgan fingerprint density at radius 3 is 2.35 bits per heavy atom. The smallest absolute Gasteiger partial charge is 0.542 e. The van der Waals surface area contributed by atoms with Crippen LogP contribution in [0.15, 0.2) is 42.5 Å². The Bertz CT molecular complexity index is 929. The summed E-state index contributed by atoms with van der Waals surface area (Å²) in [6.45, 7) is 2.20. The van der Waals surface area contributed by atoms with Crippen molar-refractivity contribution in [2.75, 3.05) is 6.54 Å². The predicted molar refractivity (Wildman–Crippen MR) is 98.0 cm³/mol. The minimum Gasteiger partial charge on any atom is -0.542 e. The first-order chi connectivity index (χ1) is 13.7. The minimum atomic E-state index is -2.99. The van der Waals surface area contributed by atoms with Gasteiger partial charge < -0.3 is 39.7 Å². The second kappa shape index (κ2) is 11.9. The van der Waals surface area contributed by atoms with Crippen LogP contribution in [0.25, 0.3) is 0 Å². The molecular weight excluding hydrogens is 448 g/mol. The van der Waals surface area contributed by atoms with Crippen LogP contribution >= 0.6 is 11.6 Å². The standard InChI is InChI=1S/C20H20ClNO7.2Na/c1-11(22-10-15(23)13-3-2-4-14(21)9-13)7-12-5-6-16-17(8-12)29-20(28-16,18(24)25)19(26)27;;/h2-6,8-9,11,15,22-23H,7,10H2,1H3,(H,24,25)(H,26,27);;/q;2*+1/p-2/t11-,15+;;/m0../s1. The maximum Gasteiger partial charge on any atom is 1.00 e. The van der Waals surface area contributed by atoms with Crippen molar-refractivity contribution in [3.8, 4) is 11.5 Å². The van der Waals surface area contributed by atoms with Gasteiger partial charge in [0, 0.05) is 17.6 Å². The molecule has 11 heteroatoms. The summed E-state index contributed by atoms with van der Waals surface area (Å²) in [5.41, 5.74) is 1.44. The van der Waals surface area contributed by atoms with Gasteiger partial charge in [-0.1, -0.05) is 29.8 Å². The molecule has 0 saturated heterocycles. The van der Waals surface area contributed by atoms with Crippen molar-refractivity contribution >= 4 is 23.5 Å². The van der Waals surface area contributed by atoms with Gasteiger partial charge in [0.25, 0.3) is 0 Å². The van der Waals surface area contributed by atoms with Gasteiger partial charge in [-0.2, -0.15) is 0 Å². The summed E-state index contributed by atoms with van der Waals surface area (Å²) < 4.78 is 9.90. The monoisotopic (exact) mass is 465 g/mol. The molecule has 1 aliphatic rings. The van der Waals surface area contributed by atoms with E-state index in [9.17, 15) is 24.9 Å². The zero-order valence-electron chi connectivity index (χ0n) is 17.4. The number of benzene rings is 2. The number of carboxylic acids is 2. The Morgan fingerprint density at radius 1 is 1.10 bits per heavy atom. The third-order valence-electron chi connectivity index (χ3n) is 4.49. The quantitative estimate of drug-likeness (QED) is 0.291. The average molecular weight is 466 g/mol. The summed E-state index contributed by atoms with van der Waals surface area (Å²) in [5, 5.41) is 36.3. The summed E-state index contributed by atoms with van der Waals surface area (Å²) >= 11 is 5.93. The van der Waals surface area contributed by atoms with E-state index in [1.54, 1.807) is 30.3 Å². The molecule has 1 aliphatic heterocycles. The molecule has 31 heavy (non-hydrogen) atoms. The molecule has 3 rings (SSSR count). The van der Waals surface area contributed by atoms with Crippen molar-refractivity contribution in [2.24, 2.45) is 0 Å². The number of hydrogen-bond acceptors (Lipinski definition) is 8. The molecule has 0 aromatic heterocycles. The van der Waals surface area contributed by atoms with E-state index < -0.39 is 23.8 Å². The summed E-state index contributed by atoms with van der Waals surface area (Å²) in [7, 11) is 0. The third kappa shape index (κ3) is 6.60. The van der Waals surface area contributed by atoms with Crippen LogP contribution in [0.5, 0.6) is 11.5 Å². The number of carbonyl (C=O) groups is 2. The maximum atomic E-state index is 11.2. The van der Waals surface area contributed by atoms with Gasteiger partial charge in [-0.3, -0.25) is 0 Å². The van der Waals surface area contributed by atoms with Crippen LogP contribution in [0.1, 0.15) is 24.2 Å². The number of halogens is 1. The van der Waals surface area contributed by atoms with Gasteiger partial charge in [0.05, 0.1) is 6.10 Å². The molecular formula is C20H18ClNNa2O7. The number of ether oxygens (including phenoxy) is 2. The van der Waals surface area contributed by atoms with Gasteiger partial charge in [-0.05, 0) is 48.7 Å². The molecule has 2 aromatic rings. The van der Waals surface area contributed by atoms with E-state index in [2.05, 4.69) is 5.32 Å². The number of fused-ring (bicyclic) bond motifs is 1. The molecule has 154 valence electrons. The van der Waals surface area contributed by atoms with Crippen LogP contribution < -0.4 is 84.1 Å². The normalized spacial score (nSPS) is 15.2. The number of aliphatic hydroxyl groups is 1. The molecule has 0 amide bonds. The number of carboxylic acid groups (broad SMARTS) is 2. The Balaban J connectivity index is 0.00000240. The summed E-state index contributed by atoms with van der Waals surface area (Å²) in [6, 6.07) is 11.5. The third-order valence-corrected chi connectivity index (χ3v) is 4.72. The zero-order valence-corrected chi connectivity index (χ0v) is 22.1. The molecule has 8 nitrogen and oxygen atoms in total. The van der Waals surface area contributed by atoms with E-state index in [1.165, 1.54) is 12.1 Å². The van der Waals surface area contributed by atoms with E-state index >= 15 is 0 Å². The van der Waals surface area contributed by atoms with Crippen LogP contribution in [0, 0.1) is 0 Å². The van der Waals surface area contributed by atoms with Crippen molar-refractivity contribution in [3.63, 3.8) is 0 Å². The molecule has 2 N–H and O–H groups in total. The van der Waals surface area contributed by atoms with Crippen molar-refractivity contribution in [1.29, 1.82) is 0 Å². The first kappa shape index (κ1) is 28.2. The zero-order chi connectivity index (χ0) is 21.2. The number of nitrogens with one attached hydrogen (secondary N) is 1. The van der Waals surface area contributed by atoms with Crippen molar-refractivity contribution in [1.82, 2.24) is 5.32 Å². The first-order valence-corrected chi connectivity index (χ1v) is 9.20. The average Bonchev–Trinajstić information content (AvgIpc) is 3.06. The molecule has 0 bridgehead atoms. The maximum absolute atomic E-state index is 11.2.